The van der Waals surface area contributed by atoms with Crippen LogP contribution in [0.3, 0.4) is 0 Å². The highest BCUT2D eigenvalue weighted by molar-refractivity contribution is 6.30. The lowest BCUT2D eigenvalue weighted by Crippen LogP contribution is -2.09. The molecular weight excluding hydrogens is 285 g/mol. The average Bonchev–Trinajstić information content (AvgIpc) is 2.68. The normalized spacial score (nSPS) is 12.5. The predicted molar refractivity (Wildman–Crippen MR) is 76.6 cm³/mol. The fourth-order valence-corrected chi connectivity index (χ4v) is 2.03. The number of nitrogens with zero attached hydrogens (tertiary/aromatic N) is 2. The molecule has 0 saturated carbocycles. The molecule has 0 aliphatic heterocycles. The SMILES string of the molecule is CC(N)c1cc(Cl)ccc1OCc1ncc(Cl)n1C. The third kappa shape index (κ3) is 3.21. The molecule has 4 nitrogen and oxygen atoms in total. The van der Waals surface area contributed by atoms with Gasteiger partial charge in [-0.2, -0.15) is 0 Å². The van der Waals surface area contributed by atoms with Gasteiger partial charge < -0.3 is 15.0 Å². The van der Waals surface area contributed by atoms with Crippen molar-refractivity contribution in [3.05, 3.63) is 46.0 Å². The summed E-state index contributed by atoms with van der Waals surface area (Å²) in [5.41, 5.74) is 6.77. The number of halogens is 2. The summed E-state index contributed by atoms with van der Waals surface area (Å²) in [6, 6.07) is 5.24. The topological polar surface area (TPSA) is 53.1 Å². The van der Waals surface area contributed by atoms with Crippen LogP contribution < -0.4 is 10.5 Å². The lowest BCUT2D eigenvalue weighted by Gasteiger charge is -2.14. The molecule has 0 amide bonds. The Morgan fingerprint density at radius 1 is 1.42 bits per heavy atom. The van der Waals surface area contributed by atoms with Crippen LogP contribution in [0.15, 0.2) is 24.4 Å². The summed E-state index contributed by atoms with van der Waals surface area (Å²) in [5.74, 6) is 1.45. The summed E-state index contributed by atoms with van der Waals surface area (Å²) in [7, 11) is 1.84. The standard InChI is InChI=1S/C13H15Cl2N3O/c1-8(16)10-5-9(14)3-4-11(10)19-7-13-17-6-12(15)18(13)2/h3-6,8H,7,16H2,1-2H3. The van der Waals surface area contributed by atoms with Gasteiger partial charge in [0.2, 0.25) is 0 Å². The molecular formula is C13H15Cl2N3O. The van der Waals surface area contributed by atoms with E-state index < -0.39 is 0 Å². The fraction of sp³-hybridized carbons (Fsp3) is 0.308. The van der Waals surface area contributed by atoms with Gasteiger partial charge in [-0.1, -0.05) is 23.2 Å². The van der Waals surface area contributed by atoms with Crippen LogP contribution in [0.2, 0.25) is 10.2 Å². The Balaban J connectivity index is 2.17. The van der Waals surface area contributed by atoms with E-state index in [9.17, 15) is 0 Å². The van der Waals surface area contributed by atoms with E-state index in [4.69, 9.17) is 33.7 Å². The van der Waals surface area contributed by atoms with Gasteiger partial charge in [-0.25, -0.2) is 4.98 Å². The summed E-state index contributed by atoms with van der Waals surface area (Å²) >= 11 is 11.9. The highest BCUT2D eigenvalue weighted by Gasteiger charge is 2.11. The molecule has 2 rings (SSSR count). The quantitative estimate of drug-likeness (QED) is 0.942. The first kappa shape index (κ1) is 14.2. The zero-order valence-corrected chi connectivity index (χ0v) is 12.2. The molecule has 1 aromatic heterocycles. The molecule has 1 aromatic carbocycles. The van der Waals surface area contributed by atoms with Crippen molar-refractivity contribution >= 4 is 23.2 Å². The van der Waals surface area contributed by atoms with Crippen molar-refractivity contribution in [3.8, 4) is 5.75 Å². The molecule has 0 saturated heterocycles. The number of imidazole rings is 1. The Kier molecular flexibility index (Phi) is 4.34. The predicted octanol–water partition coefficient (Wildman–Crippen LogP) is 3.33. The highest BCUT2D eigenvalue weighted by atomic mass is 35.5. The number of benzene rings is 1. The van der Waals surface area contributed by atoms with E-state index in [1.165, 1.54) is 0 Å². The van der Waals surface area contributed by atoms with Crippen molar-refractivity contribution in [1.29, 1.82) is 0 Å². The first-order valence-electron chi connectivity index (χ1n) is 5.83. The average molecular weight is 300 g/mol. The van der Waals surface area contributed by atoms with Gasteiger partial charge in [0.1, 0.15) is 23.3 Å². The van der Waals surface area contributed by atoms with Crippen LogP contribution in [0.25, 0.3) is 0 Å². The van der Waals surface area contributed by atoms with Crippen molar-refractivity contribution < 1.29 is 4.74 Å². The van der Waals surface area contributed by atoms with Gasteiger partial charge in [0.15, 0.2) is 0 Å². The van der Waals surface area contributed by atoms with Crippen molar-refractivity contribution in [3.63, 3.8) is 0 Å². The lowest BCUT2D eigenvalue weighted by atomic mass is 10.1. The van der Waals surface area contributed by atoms with Gasteiger partial charge in [-0.05, 0) is 25.1 Å². The molecule has 0 spiro atoms. The van der Waals surface area contributed by atoms with Gasteiger partial charge in [0.05, 0.1) is 6.20 Å². The molecule has 1 heterocycles. The summed E-state index contributed by atoms with van der Waals surface area (Å²) in [5, 5.41) is 1.21. The first-order valence-corrected chi connectivity index (χ1v) is 6.58. The molecule has 2 N–H and O–H groups in total. The van der Waals surface area contributed by atoms with Crippen molar-refractivity contribution in [1.82, 2.24) is 9.55 Å². The smallest absolute Gasteiger partial charge is 0.147 e. The number of rotatable bonds is 4. The number of aromatic nitrogens is 2. The molecule has 0 aliphatic rings. The lowest BCUT2D eigenvalue weighted by molar-refractivity contribution is 0.287. The number of hydrogen-bond donors (Lipinski definition) is 1. The summed E-state index contributed by atoms with van der Waals surface area (Å²) < 4.78 is 7.52. The second kappa shape index (κ2) is 5.82. The van der Waals surface area contributed by atoms with E-state index in [0.717, 1.165) is 11.4 Å². The maximum absolute atomic E-state index is 5.96. The van der Waals surface area contributed by atoms with Gasteiger partial charge in [0, 0.05) is 23.7 Å². The molecule has 6 heteroatoms. The van der Waals surface area contributed by atoms with Gasteiger partial charge in [-0.15, -0.1) is 0 Å². The van der Waals surface area contributed by atoms with Gasteiger partial charge >= 0.3 is 0 Å². The molecule has 0 aliphatic carbocycles. The molecule has 19 heavy (non-hydrogen) atoms. The van der Waals surface area contributed by atoms with E-state index >= 15 is 0 Å². The maximum Gasteiger partial charge on any atom is 0.147 e. The highest BCUT2D eigenvalue weighted by Crippen LogP contribution is 2.28. The molecule has 1 unspecified atom stereocenters. The van der Waals surface area contributed by atoms with E-state index in [1.54, 1.807) is 16.8 Å². The zero-order chi connectivity index (χ0) is 14.0. The van der Waals surface area contributed by atoms with Gasteiger partial charge in [-0.3, -0.25) is 0 Å². The minimum absolute atomic E-state index is 0.154. The second-order valence-electron chi connectivity index (χ2n) is 4.32. The monoisotopic (exact) mass is 299 g/mol. The number of ether oxygens (including phenoxy) is 1. The molecule has 102 valence electrons. The minimum Gasteiger partial charge on any atom is -0.485 e. The summed E-state index contributed by atoms with van der Waals surface area (Å²) in [4.78, 5) is 4.17. The van der Waals surface area contributed by atoms with Crippen LogP contribution in [0.4, 0.5) is 0 Å². The van der Waals surface area contributed by atoms with E-state index in [-0.39, 0.29) is 6.04 Å². The minimum atomic E-state index is -0.154. The first-order chi connectivity index (χ1) is 8.99. The van der Waals surface area contributed by atoms with Crippen LogP contribution in [0.5, 0.6) is 5.75 Å². The van der Waals surface area contributed by atoms with Crippen LogP contribution in [0, 0.1) is 0 Å². The zero-order valence-electron chi connectivity index (χ0n) is 10.7. The Bertz CT molecular complexity index is 581. The molecule has 0 fully saturated rings. The van der Waals surface area contributed by atoms with E-state index in [0.29, 0.717) is 22.5 Å². The Labute approximate surface area is 122 Å². The molecule has 0 radical (unpaired) electrons. The van der Waals surface area contributed by atoms with Crippen molar-refractivity contribution in [2.24, 2.45) is 12.8 Å². The third-order valence-electron chi connectivity index (χ3n) is 2.85. The number of hydrogen-bond acceptors (Lipinski definition) is 3. The molecule has 1 atom stereocenters. The second-order valence-corrected chi connectivity index (χ2v) is 5.14. The van der Waals surface area contributed by atoms with Crippen LogP contribution >= 0.6 is 23.2 Å². The Morgan fingerprint density at radius 2 is 2.16 bits per heavy atom. The van der Waals surface area contributed by atoms with E-state index in [2.05, 4.69) is 4.98 Å². The maximum atomic E-state index is 5.96. The Hall–Kier alpha value is -1.23. The van der Waals surface area contributed by atoms with Crippen molar-refractivity contribution in [2.75, 3.05) is 0 Å². The van der Waals surface area contributed by atoms with E-state index in [1.807, 2.05) is 26.1 Å². The van der Waals surface area contributed by atoms with Crippen molar-refractivity contribution in [2.45, 2.75) is 19.6 Å². The fourth-order valence-electron chi connectivity index (χ4n) is 1.71. The van der Waals surface area contributed by atoms with Crippen LogP contribution in [-0.4, -0.2) is 9.55 Å². The third-order valence-corrected chi connectivity index (χ3v) is 3.43. The van der Waals surface area contributed by atoms with Gasteiger partial charge in [0.25, 0.3) is 0 Å². The largest absolute Gasteiger partial charge is 0.485 e. The number of nitrogens with two attached hydrogens (primary N) is 1. The molecule has 2 aromatic rings. The summed E-state index contributed by atoms with van der Waals surface area (Å²) in [6.07, 6.45) is 1.59. The summed E-state index contributed by atoms with van der Waals surface area (Å²) in [6.45, 7) is 2.21. The Morgan fingerprint density at radius 3 is 2.74 bits per heavy atom. The van der Waals surface area contributed by atoms with Crippen LogP contribution in [-0.2, 0) is 13.7 Å². The van der Waals surface area contributed by atoms with Crippen LogP contribution in [0.1, 0.15) is 24.4 Å². The molecule has 0 bridgehead atoms.